The predicted octanol–water partition coefficient (Wildman–Crippen LogP) is 2.45. The molecule has 2 aromatic heterocycles. The lowest BCUT2D eigenvalue weighted by Crippen LogP contribution is -2.53. The van der Waals surface area contributed by atoms with Gasteiger partial charge in [-0.1, -0.05) is 11.6 Å². The van der Waals surface area contributed by atoms with Crippen molar-refractivity contribution in [3.8, 4) is 12.1 Å². The number of hydrogen-bond acceptors (Lipinski definition) is 12. The smallest absolute Gasteiger partial charge is 0.247 e. The van der Waals surface area contributed by atoms with Crippen molar-refractivity contribution in [3.05, 3.63) is 34.6 Å². The van der Waals surface area contributed by atoms with E-state index in [9.17, 15) is 24.7 Å². The van der Waals surface area contributed by atoms with Gasteiger partial charge in [0.1, 0.15) is 6.07 Å². The van der Waals surface area contributed by atoms with Gasteiger partial charge in [-0.15, -0.1) is 5.10 Å². The Morgan fingerprint density at radius 2 is 1.85 bits per heavy atom. The van der Waals surface area contributed by atoms with Gasteiger partial charge in [0.15, 0.2) is 17.2 Å². The van der Waals surface area contributed by atoms with E-state index < -0.39 is 16.7 Å². The van der Waals surface area contributed by atoms with Gasteiger partial charge in [-0.05, 0) is 25.0 Å². The van der Waals surface area contributed by atoms with Crippen LogP contribution in [-0.4, -0.2) is 94.6 Å². The number of piperazine rings is 1. The van der Waals surface area contributed by atoms with Gasteiger partial charge in [-0.2, -0.15) is 30.6 Å². The molecule has 0 amide bonds. The van der Waals surface area contributed by atoms with Gasteiger partial charge < -0.3 is 20.6 Å². The number of aromatic nitrogens is 4. The standard InChI is InChI=1S/C24H27ClN10O3S/c25-21-17(30-24-31-22(29-15-1-2-15)23-28-11-16(10-27)35(23)32-24)7-14(9-26)8-18(21)33-3-5-34(6-4-33)19-12-39(37,38)13-20(19)36/h7-8,11,15,19-20,36-38H,1-6,12-13H2,(H2,29,30,31,32)/t19-,20-/m0/s1. The molecular formula is C24H27ClN10O3S. The van der Waals surface area contributed by atoms with Crippen LogP contribution < -0.4 is 15.5 Å². The third-order valence-corrected chi connectivity index (χ3v) is 9.42. The molecule has 4 heterocycles. The third kappa shape index (κ3) is 5.15. The molecular weight excluding hydrogens is 544 g/mol. The zero-order valence-electron chi connectivity index (χ0n) is 20.8. The van der Waals surface area contributed by atoms with Gasteiger partial charge in [0.25, 0.3) is 0 Å². The van der Waals surface area contributed by atoms with Gasteiger partial charge in [0, 0.05) is 32.2 Å². The van der Waals surface area contributed by atoms with Gasteiger partial charge in [-0.3, -0.25) is 14.0 Å². The van der Waals surface area contributed by atoms with Crippen LogP contribution in [-0.2, 0) is 0 Å². The van der Waals surface area contributed by atoms with Crippen LogP contribution in [0, 0.1) is 22.7 Å². The van der Waals surface area contributed by atoms with E-state index in [0.717, 1.165) is 12.8 Å². The Bertz CT molecular complexity index is 1510. The van der Waals surface area contributed by atoms with E-state index in [1.807, 2.05) is 0 Å². The number of halogens is 1. The number of rotatable bonds is 6. The summed E-state index contributed by atoms with van der Waals surface area (Å²) in [6.07, 6.45) is 2.73. The third-order valence-electron chi connectivity index (χ3n) is 7.27. The van der Waals surface area contributed by atoms with Crippen LogP contribution in [0.1, 0.15) is 24.1 Å². The number of nitrogens with zero attached hydrogens (tertiary/aromatic N) is 8. The van der Waals surface area contributed by atoms with E-state index >= 15 is 0 Å². The first-order valence-electron chi connectivity index (χ1n) is 12.6. The number of imidazole rings is 1. The molecule has 0 spiro atoms. The second kappa shape index (κ2) is 9.98. The Balaban J connectivity index is 1.26. The van der Waals surface area contributed by atoms with E-state index in [1.165, 1.54) is 10.7 Å². The number of nitrogens with one attached hydrogen (secondary N) is 2. The molecule has 3 aromatic rings. The van der Waals surface area contributed by atoms with Gasteiger partial charge in [0.05, 0.1) is 57.9 Å². The number of anilines is 4. The molecule has 13 nitrogen and oxygen atoms in total. The Labute approximate surface area is 231 Å². The molecule has 1 saturated carbocycles. The molecule has 2 atom stereocenters. The highest BCUT2D eigenvalue weighted by molar-refractivity contribution is 8.24. The Morgan fingerprint density at radius 3 is 2.49 bits per heavy atom. The van der Waals surface area contributed by atoms with Crippen LogP contribution >= 0.6 is 22.2 Å². The van der Waals surface area contributed by atoms with Crippen molar-refractivity contribution < 1.29 is 14.2 Å². The first-order chi connectivity index (χ1) is 18.7. The molecule has 0 bridgehead atoms. The molecule has 1 aliphatic carbocycles. The van der Waals surface area contributed by atoms with Crippen molar-refractivity contribution in [2.75, 3.05) is 53.2 Å². The van der Waals surface area contributed by atoms with Crippen LogP contribution in [0.2, 0.25) is 5.02 Å². The summed E-state index contributed by atoms with van der Waals surface area (Å²) >= 11 is 6.86. The van der Waals surface area contributed by atoms with Gasteiger partial charge in [-0.25, -0.2) is 4.98 Å². The van der Waals surface area contributed by atoms with Crippen LogP contribution in [0.25, 0.3) is 5.65 Å². The highest BCUT2D eigenvalue weighted by Crippen LogP contribution is 2.47. The van der Waals surface area contributed by atoms with Crippen LogP contribution in [0.4, 0.5) is 23.1 Å². The fourth-order valence-electron chi connectivity index (χ4n) is 5.12. The molecule has 5 N–H and O–H groups in total. The van der Waals surface area contributed by atoms with Crippen LogP contribution in [0.3, 0.4) is 0 Å². The Morgan fingerprint density at radius 1 is 1.08 bits per heavy atom. The summed E-state index contributed by atoms with van der Waals surface area (Å²) < 4.78 is 21.5. The lowest BCUT2D eigenvalue weighted by molar-refractivity contribution is 0.0793. The molecule has 204 valence electrons. The van der Waals surface area contributed by atoms with Crippen molar-refractivity contribution in [2.24, 2.45) is 0 Å². The van der Waals surface area contributed by atoms with Gasteiger partial charge in [0.2, 0.25) is 5.95 Å². The Kier molecular flexibility index (Phi) is 6.63. The fourth-order valence-corrected chi connectivity index (χ4v) is 7.29. The fraction of sp³-hybridized carbons (Fsp3) is 0.458. The van der Waals surface area contributed by atoms with E-state index in [4.69, 9.17) is 11.6 Å². The largest absolute Gasteiger partial charge is 0.390 e. The lowest BCUT2D eigenvalue weighted by Gasteiger charge is -2.40. The van der Waals surface area contributed by atoms with Crippen LogP contribution in [0.15, 0.2) is 18.3 Å². The molecule has 2 aliphatic heterocycles. The number of nitriles is 2. The minimum atomic E-state index is -2.74. The molecule has 0 radical (unpaired) electrons. The molecule has 39 heavy (non-hydrogen) atoms. The quantitative estimate of drug-likeness (QED) is 0.292. The molecule has 15 heteroatoms. The first kappa shape index (κ1) is 25.9. The minimum absolute atomic E-state index is 0.0175. The zero-order chi connectivity index (χ0) is 27.3. The normalized spacial score (nSPS) is 23.8. The maximum Gasteiger partial charge on any atom is 0.247 e. The molecule has 3 fully saturated rings. The molecule has 2 saturated heterocycles. The van der Waals surface area contributed by atoms with E-state index in [1.54, 1.807) is 12.1 Å². The second-order valence-electron chi connectivity index (χ2n) is 10.1. The summed E-state index contributed by atoms with van der Waals surface area (Å²) in [7, 11) is -2.74. The van der Waals surface area contributed by atoms with Crippen molar-refractivity contribution in [1.82, 2.24) is 24.5 Å². The lowest BCUT2D eigenvalue weighted by atomic mass is 10.1. The van der Waals surface area contributed by atoms with Crippen LogP contribution in [0.5, 0.6) is 0 Å². The number of fused-ring (bicyclic) bond motifs is 1. The topological polar surface area (TPSA) is 182 Å². The summed E-state index contributed by atoms with van der Waals surface area (Å²) in [5.41, 5.74) is 2.24. The molecule has 0 unspecified atom stereocenters. The maximum absolute atomic E-state index is 10.3. The number of hydrogen-bond donors (Lipinski definition) is 5. The van der Waals surface area contributed by atoms with Crippen molar-refractivity contribution >= 4 is 51.0 Å². The average Bonchev–Trinajstić information content (AvgIpc) is 3.56. The first-order valence-corrected chi connectivity index (χ1v) is 14.8. The SMILES string of the molecule is N#Cc1cc(Nc2nc(NC3CC3)c3ncc(C#N)n3n2)c(Cl)c(N2CCN([C@H]3CS(O)(O)C[C@@H]3O)CC2)c1. The number of benzene rings is 1. The highest BCUT2D eigenvalue weighted by Gasteiger charge is 2.41. The predicted molar refractivity (Wildman–Crippen MR) is 148 cm³/mol. The minimum Gasteiger partial charge on any atom is -0.390 e. The monoisotopic (exact) mass is 570 g/mol. The second-order valence-corrected chi connectivity index (χ2v) is 12.7. The highest BCUT2D eigenvalue weighted by atomic mass is 35.5. The van der Waals surface area contributed by atoms with E-state index in [-0.39, 0.29) is 29.2 Å². The summed E-state index contributed by atoms with van der Waals surface area (Å²) in [5, 5.41) is 40.9. The summed E-state index contributed by atoms with van der Waals surface area (Å²) in [5.74, 6) is 0.899. The van der Waals surface area contributed by atoms with Crippen molar-refractivity contribution in [3.63, 3.8) is 0 Å². The number of aliphatic hydroxyl groups is 1. The Hall–Kier alpha value is -3.37. The summed E-state index contributed by atoms with van der Waals surface area (Å²) in [6.45, 7) is 2.35. The molecule has 3 aliphatic rings. The van der Waals surface area contributed by atoms with Crippen molar-refractivity contribution in [2.45, 2.75) is 31.0 Å². The molecule has 6 rings (SSSR count). The summed E-state index contributed by atoms with van der Waals surface area (Å²) in [4.78, 5) is 13.0. The van der Waals surface area contributed by atoms with E-state index in [2.05, 4.69) is 47.6 Å². The summed E-state index contributed by atoms with van der Waals surface area (Å²) in [6, 6.07) is 7.64. The zero-order valence-corrected chi connectivity index (χ0v) is 22.4. The van der Waals surface area contributed by atoms with Gasteiger partial charge >= 0.3 is 0 Å². The van der Waals surface area contributed by atoms with E-state index in [0.29, 0.717) is 65.6 Å². The average molecular weight is 571 g/mol. The van der Waals surface area contributed by atoms with Crippen molar-refractivity contribution in [1.29, 1.82) is 10.5 Å². The number of aliphatic hydroxyl groups excluding tert-OH is 1. The maximum atomic E-state index is 10.3. The molecule has 1 aromatic carbocycles.